The Morgan fingerprint density at radius 3 is 2.50 bits per heavy atom. The highest BCUT2D eigenvalue weighted by Crippen LogP contribution is 2.19. The van der Waals surface area contributed by atoms with Crippen LogP contribution in [0.3, 0.4) is 0 Å². The molecule has 22 heavy (non-hydrogen) atoms. The number of urea groups is 1. The van der Waals surface area contributed by atoms with Gasteiger partial charge in [0.15, 0.2) is 5.78 Å². The molecule has 1 heterocycles. The molecule has 2 N–H and O–H groups in total. The molecule has 0 bridgehead atoms. The first-order valence-corrected chi connectivity index (χ1v) is 7.76. The van der Waals surface area contributed by atoms with Crippen LogP contribution in [0.15, 0.2) is 5.38 Å². The Kier molecular flexibility index (Phi) is 6.48. The second-order valence-corrected chi connectivity index (χ2v) is 6.29. The van der Waals surface area contributed by atoms with E-state index in [0.29, 0.717) is 12.5 Å². The molecule has 0 aliphatic rings. The predicted molar refractivity (Wildman–Crippen MR) is 82.9 cm³/mol. The van der Waals surface area contributed by atoms with Gasteiger partial charge in [0.2, 0.25) is 0 Å². The number of nitrogens with one attached hydrogen (secondary N) is 1. The Hall–Kier alpha value is -1.96. The molecule has 1 atom stereocenters. The van der Waals surface area contributed by atoms with Crippen molar-refractivity contribution in [1.82, 2.24) is 15.2 Å². The Morgan fingerprint density at radius 1 is 1.41 bits per heavy atom. The van der Waals surface area contributed by atoms with Gasteiger partial charge in [-0.1, -0.05) is 13.8 Å². The van der Waals surface area contributed by atoms with Crippen molar-refractivity contribution in [2.75, 3.05) is 7.05 Å². The molecule has 1 aromatic heterocycles. The van der Waals surface area contributed by atoms with Crippen molar-refractivity contribution in [3.8, 4) is 0 Å². The van der Waals surface area contributed by atoms with Crippen LogP contribution >= 0.6 is 11.3 Å². The van der Waals surface area contributed by atoms with Crippen molar-refractivity contribution in [1.29, 1.82) is 0 Å². The van der Waals surface area contributed by atoms with Crippen LogP contribution in [0.5, 0.6) is 0 Å². The minimum atomic E-state index is -1.13. The molecule has 0 aromatic carbocycles. The first-order valence-electron chi connectivity index (χ1n) is 6.88. The van der Waals surface area contributed by atoms with Crippen LogP contribution in [-0.2, 0) is 16.1 Å². The minimum Gasteiger partial charge on any atom is -0.481 e. The quantitative estimate of drug-likeness (QED) is 0.796. The fourth-order valence-corrected chi connectivity index (χ4v) is 2.53. The molecule has 1 unspecified atom stereocenters. The molecule has 8 heteroatoms. The second-order valence-electron chi connectivity index (χ2n) is 5.40. The zero-order valence-corrected chi connectivity index (χ0v) is 13.9. The maximum Gasteiger partial charge on any atom is 0.318 e. The lowest BCUT2D eigenvalue weighted by molar-refractivity contribution is -0.139. The molecule has 2 amide bonds. The smallest absolute Gasteiger partial charge is 0.318 e. The van der Waals surface area contributed by atoms with E-state index < -0.39 is 24.5 Å². The highest BCUT2D eigenvalue weighted by molar-refractivity contribution is 7.09. The number of aromatic nitrogens is 1. The van der Waals surface area contributed by atoms with Gasteiger partial charge in [0.25, 0.3) is 0 Å². The average Bonchev–Trinajstić information content (AvgIpc) is 2.85. The molecular weight excluding hydrogens is 306 g/mol. The summed E-state index contributed by atoms with van der Waals surface area (Å²) in [5.41, 5.74) is 0.768. The summed E-state index contributed by atoms with van der Waals surface area (Å²) in [7, 11) is 1.57. The summed E-state index contributed by atoms with van der Waals surface area (Å²) in [6.45, 7) is 5.64. The SMILES string of the molecule is CC(=O)C(CC(=O)O)NC(=O)N(C)Cc1csc(C(C)C)n1. The number of carbonyl (C=O) groups is 3. The molecular formula is C14H21N3O4S. The first-order chi connectivity index (χ1) is 10.2. The third kappa shape index (κ3) is 5.44. The number of carboxylic acids is 1. The number of thiazole rings is 1. The van der Waals surface area contributed by atoms with E-state index in [1.165, 1.54) is 23.2 Å². The van der Waals surface area contributed by atoms with Crippen LogP contribution < -0.4 is 5.32 Å². The van der Waals surface area contributed by atoms with Crippen molar-refractivity contribution >= 4 is 29.1 Å². The molecule has 0 radical (unpaired) electrons. The predicted octanol–water partition coefficient (Wildman–Crippen LogP) is 1.84. The highest BCUT2D eigenvalue weighted by Gasteiger charge is 2.22. The molecule has 0 aliphatic carbocycles. The molecule has 122 valence electrons. The molecule has 7 nitrogen and oxygen atoms in total. The standard InChI is InChI=1S/C14H21N3O4S/c1-8(2)13-15-10(7-22-13)6-17(4)14(21)16-11(9(3)18)5-12(19)20/h7-8,11H,5-6H2,1-4H3,(H,16,21)(H,19,20). The molecule has 0 aliphatic heterocycles. The van der Waals surface area contributed by atoms with Crippen molar-refractivity contribution in [2.24, 2.45) is 0 Å². The number of nitrogens with zero attached hydrogens (tertiary/aromatic N) is 2. The molecule has 0 spiro atoms. The van der Waals surface area contributed by atoms with E-state index in [1.54, 1.807) is 7.05 Å². The normalized spacial score (nSPS) is 12.0. The largest absolute Gasteiger partial charge is 0.481 e. The Labute approximate surface area is 133 Å². The molecule has 0 fully saturated rings. The monoisotopic (exact) mass is 327 g/mol. The number of hydrogen-bond donors (Lipinski definition) is 2. The molecule has 1 rings (SSSR count). The number of carbonyl (C=O) groups excluding carboxylic acids is 2. The van der Waals surface area contributed by atoms with Gasteiger partial charge in [-0.2, -0.15) is 0 Å². The van der Waals surface area contributed by atoms with E-state index in [2.05, 4.69) is 10.3 Å². The number of rotatable bonds is 7. The summed E-state index contributed by atoms with van der Waals surface area (Å²) in [5, 5.41) is 14.1. The summed E-state index contributed by atoms with van der Waals surface area (Å²) in [6, 6.07) is -1.52. The topological polar surface area (TPSA) is 99.6 Å². The van der Waals surface area contributed by atoms with E-state index in [9.17, 15) is 14.4 Å². The van der Waals surface area contributed by atoms with E-state index in [-0.39, 0.29) is 5.78 Å². The van der Waals surface area contributed by atoms with Gasteiger partial charge in [-0.15, -0.1) is 11.3 Å². The van der Waals surface area contributed by atoms with Crippen molar-refractivity contribution in [3.63, 3.8) is 0 Å². The Morgan fingerprint density at radius 2 is 2.05 bits per heavy atom. The van der Waals surface area contributed by atoms with Gasteiger partial charge in [-0.25, -0.2) is 9.78 Å². The number of aliphatic carboxylic acids is 1. The van der Waals surface area contributed by atoms with E-state index in [1.807, 2.05) is 19.2 Å². The first kappa shape index (κ1) is 18.1. The fourth-order valence-electron chi connectivity index (χ4n) is 1.71. The van der Waals surface area contributed by atoms with Crippen molar-refractivity contribution < 1.29 is 19.5 Å². The van der Waals surface area contributed by atoms with Crippen molar-refractivity contribution in [2.45, 2.75) is 45.7 Å². The van der Waals surface area contributed by atoms with Crippen LogP contribution in [0, 0.1) is 0 Å². The van der Waals surface area contributed by atoms with Gasteiger partial charge in [0, 0.05) is 18.3 Å². The zero-order chi connectivity index (χ0) is 16.9. The van der Waals surface area contributed by atoms with Gasteiger partial charge in [-0.3, -0.25) is 9.59 Å². The third-order valence-electron chi connectivity index (χ3n) is 2.98. The van der Waals surface area contributed by atoms with E-state index in [0.717, 1.165) is 10.7 Å². The summed E-state index contributed by atoms with van der Waals surface area (Å²) < 4.78 is 0. The molecule has 0 saturated carbocycles. The fraction of sp³-hybridized carbons (Fsp3) is 0.571. The molecule has 1 aromatic rings. The summed E-state index contributed by atoms with van der Waals surface area (Å²) >= 11 is 1.54. The lowest BCUT2D eigenvalue weighted by Crippen LogP contribution is -2.46. The van der Waals surface area contributed by atoms with Crippen LogP contribution in [0.4, 0.5) is 4.79 Å². The van der Waals surface area contributed by atoms with Gasteiger partial charge >= 0.3 is 12.0 Å². The number of amides is 2. The lowest BCUT2D eigenvalue weighted by Gasteiger charge is -2.20. The van der Waals surface area contributed by atoms with Crippen LogP contribution in [0.25, 0.3) is 0 Å². The number of carboxylic acid groups (broad SMARTS) is 1. The lowest BCUT2D eigenvalue weighted by atomic mass is 10.1. The van der Waals surface area contributed by atoms with Crippen LogP contribution in [-0.4, -0.2) is 45.9 Å². The number of ketones is 1. The van der Waals surface area contributed by atoms with Gasteiger partial charge in [0.1, 0.15) is 0 Å². The third-order valence-corrected chi connectivity index (χ3v) is 4.17. The van der Waals surface area contributed by atoms with Crippen LogP contribution in [0.2, 0.25) is 0 Å². The van der Waals surface area contributed by atoms with E-state index >= 15 is 0 Å². The average molecular weight is 327 g/mol. The maximum atomic E-state index is 12.0. The summed E-state index contributed by atoms with van der Waals surface area (Å²) in [5.74, 6) is -1.19. The summed E-state index contributed by atoms with van der Waals surface area (Å²) in [6.07, 6.45) is -0.427. The molecule has 0 saturated heterocycles. The Balaban J connectivity index is 2.63. The highest BCUT2D eigenvalue weighted by atomic mass is 32.1. The number of hydrogen-bond acceptors (Lipinski definition) is 5. The van der Waals surface area contributed by atoms with Crippen LogP contribution in [0.1, 0.15) is 43.8 Å². The van der Waals surface area contributed by atoms with Gasteiger partial charge in [0.05, 0.1) is 29.7 Å². The van der Waals surface area contributed by atoms with Gasteiger partial charge < -0.3 is 15.3 Å². The van der Waals surface area contributed by atoms with Crippen molar-refractivity contribution in [3.05, 3.63) is 16.1 Å². The Bertz CT molecular complexity index is 556. The minimum absolute atomic E-state index is 0.298. The maximum absolute atomic E-state index is 12.0. The zero-order valence-electron chi connectivity index (χ0n) is 13.1. The number of Topliss-reactive ketones (excluding diaryl/α,β-unsaturated/α-hetero) is 1. The van der Waals surface area contributed by atoms with E-state index in [4.69, 9.17) is 5.11 Å². The second kappa shape index (κ2) is 7.88. The van der Waals surface area contributed by atoms with Gasteiger partial charge in [-0.05, 0) is 6.92 Å². The summed E-state index contributed by atoms with van der Waals surface area (Å²) in [4.78, 5) is 39.9.